The van der Waals surface area contributed by atoms with Crippen LogP contribution in [-0.2, 0) is 19.1 Å². The number of amides is 2. The molecule has 0 saturated carbocycles. The summed E-state index contributed by atoms with van der Waals surface area (Å²) >= 11 is 0. The van der Waals surface area contributed by atoms with Gasteiger partial charge in [0.1, 0.15) is 6.04 Å². The summed E-state index contributed by atoms with van der Waals surface area (Å²) in [6.45, 7) is 3.54. The third-order valence-corrected chi connectivity index (χ3v) is 2.93. The highest BCUT2D eigenvalue weighted by molar-refractivity contribution is 5.84. The molecule has 0 aromatic rings. The van der Waals surface area contributed by atoms with Crippen LogP contribution in [0.3, 0.4) is 0 Å². The van der Waals surface area contributed by atoms with Gasteiger partial charge in [-0.2, -0.15) is 0 Å². The maximum atomic E-state index is 11.7. The van der Waals surface area contributed by atoms with Crippen molar-refractivity contribution in [3.05, 3.63) is 0 Å². The van der Waals surface area contributed by atoms with Crippen LogP contribution in [0.1, 0.15) is 39.5 Å². The maximum Gasteiger partial charge on any atom is 0.328 e. The topological polar surface area (TPSA) is 125 Å². The minimum absolute atomic E-state index is 0.0615. The van der Waals surface area contributed by atoms with E-state index in [9.17, 15) is 19.5 Å². The quantitative estimate of drug-likeness (QED) is 0.264. The van der Waals surface area contributed by atoms with Crippen LogP contribution in [-0.4, -0.2) is 47.4 Å². The Morgan fingerprint density at radius 1 is 1.19 bits per heavy atom. The minimum Gasteiger partial charge on any atom is -0.467 e. The molecule has 0 aromatic carbocycles. The van der Waals surface area contributed by atoms with E-state index in [1.807, 2.05) is 0 Å². The van der Waals surface area contributed by atoms with Crippen molar-refractivity contribution >= 4 is 17.8 Å². The molecule has 21 heavy (non-hydrogen) atoms. The first-order valence-electron chi connectivity index (χ1n) is 6.80. The molecule has 1 unspecified atom stereocenters. The van der Waals surface area contributed by atoms with Crippen molar-refractivity contribution in [2.24, 2.45) is 5.92 Å². The van der Waals surface area contributed by atoms with Crippen LogP contribution in [0.5, 0.6) is 0 Å². The van der Waals surface area contributed by atoms with Crippen molar-refractivity contribution in [1.29, 1.82) is 0 Å². The van der Waals surface area contributed by atoms with E-state index in [2.05, 4.69) is 10.1 Å². The summed E-state index contributed by atoms with van der Waals surface area (Å²) in [6, 6.07) is -0.755. The number of hydroxylamine groups is 1. The number of hydrogen-bond acceptors (Lipinski definition) is 6. The Kier molecular flexibility index (Phi) is 9.31. The van der Waals surface area contributed by atoms with Gasteiger partial charge in [0.05, 0.1) is 19.6 Å². The largest absolute Gasteiger partial charge is 0.467 e. The second kappa shape index (κ2) is 10.1. The average molecular weight is 304 g/mol. The van der Waals surface area contributed by atoms with Crippen molar-refractivity contribution in [3.8, 4) is 0 Å². The van der Waals surface area contributed by atoms with Gasteiger partial charge >= 0.3 is 5.97 Å². The molecule has 4 N–H and O–H groups in total. The van der Waals surface area contributed by atoms with Crippen LogP contribution in [0.2, 0.25) is 0 Å². The first kappa shape index (κ1) is 19.3. The third-order valence-electron chi connectivity index (χ3n) is 2.93. The van der Waals surface area contributed by atoms with E-state index in [0.29, 0.717) is 6.42 Å². The van der Waals surface area contributed by atoms with Gasteiger partial charge in [-0.05, 0) is 18.8 Å². The minimum atomic E-state index is -0.915. The molecule has 0 aliphatic rings. The Balaban J connectivity index is 4.16. The van der Waals surface area contributed by atoms with Gasteiger partial charge in [0, 0.05) is 6.42 Å². The average Bonchev–Trinajstić information content (AvgIpc) is 2.43. The number of aliphatic hydroxyl groups is 1. The first-order chi connectivity index (χ1) is 9.81. The van der Waals surface area contributed by atoms with Crippen molar-refractivity contribution < 1.29 is 29.4 Å². The zero-order valence-corrected chi connectivity index (χ0v) is 12.6. The molecule has 0 saturated heterocycles. The summed E-state index contributed by atoms with van der Waals surface area (Å²) in [5, 5.41) is 20.5. The van der Waals surface area contributed by atoms with Crippen molar-refractivity contribution in [1.82, 2.24) is 10.8 Å². The van der Waals surface area contributed by atoms with Crippen molar-refractivity contribution in [2.75, 3.05) is 7.11 Å². The molecule has 0 aliphatic heterocycles. The van der Waals surface area contributed by atoms with E-state index in [0.717, 1.165) is 0 Å². The second-order valence-corrected chi connectivity index (χ2v) is 5.10. The van der Waals surface area contributed by atoms with E-state index < -0.39 is 29.9 Å². The number of carbonyl (C=O) groups excluding carboxylic acids is 3. The van der Waals surface area contributed by atoms with Crippen LogP contribution in [0.25, 0.3) is 0 Å². The molecule has 0 fully saturated rings. The Labute approximate surface area is 123 Å². The van der Waals surface area contributed by atoms with Crippen LogP contribution in [0, 0.1) is 5.92 Å². The number of carbonyl (C=O) groups is 3. The Bertz CT molecular complexity index is 359. The molecule has 0 radical (unpaired) electrons. The number of methoxy groups -OCH3 is 1. The summed E-state index contributed by atoms with van der Waals surface area (Å²) in [5.41, 5.74) is 1.49. The lowest BCUT2D eigenvalue weighted by atomic mass is 10.0. The van der Waals surface area contributed by atoms with Gasteiger partial charge in [-0.1, -0.05) is 13.8 Å². The Morgan fingerprint density at radius 3 is 2.29 bits per heavy atom. The fourth-order valence-corrected chi connectivity index (χ4v) is 1.73. The van der Waals surface area contributed by atoms with Gasteiger partial charge in [-0.15, -0.1) is 0 Å². The molecular formula is C13H24N2O6. The molecule has 2 amide bonds. The molecule has 0 rings (SSSR count). The molecule has 0 bridgehead atoms. The summed E-state index contributed by atoms with van der Waals surface area (Å²) in [6.07, 6.45) is -0.439. The summed E-state index contributed by atoms with van der Waals surface area (Å²) in [4.78, 5) is 34.0. The molecule has 2 atom stereocenters. The highest BCUT2D eigenvalue weighted by Crippen LogP contribution is 2.07. The summed E-state index contributed by atoms with van der Waals surface area (Å²) in [5.74, 6) is -1.67. The van der Waals surface area contributed by atoms with Crippen LogP contribution in [0.4, 0.5) is 0 Å². The van der Waals surface area contributed by atoms with Gasteiger partial charge < -0.3 is 15.2 Å². The lowest BCUT2D eigenvalue weighted by Crippen LogP contribution is -2.45. The smallest absolute Gasteiger partial charge is 0.328 e. The highest BCUT2D eigenvalue weighted by atomic mass is 16.5. The number of esters is 1. The molecule has 0 aliphatic carbocycles. The van der Waals surface area contributed by atoms with E-state index in [-0.39, 0.29) is 25.2 Å². The van der Waals surface area contributed by atoms with Crippen LogP contribution < -0.4 is 10.8 Å². The van der Waals surface area contributed by atoms with E-state index in [1.54, 1.807) is 13.8 Å². The predicted molar refractivity (Wildman–Crippen MR) is 73.2 cm³/mol. The monoisotopic (exact) mass is 304 g/mol. The molecule has 0 spiro atoms. The number of rotatable bonds is 9. The lowest BCUT2D eigenvalue weighted by Gasteiger charge is -2.20. The zero-order chi connectivity index (χ0) is 16.4. The van der Waals surface area contributed by atoms with E-state index >= 15 is 0 Å². The van der Waals surface area contributed by atoms with Gasteiger partial charge in [0.2, 0.25) is 11.8 Å². The molecular weight excluding hydrogens is 280 g/mol. The molecule has 122 valence electrons. The van der Waals surface area contributed by atoms with Crippen molar-refractivity contribution in [3.63, 3.8) is 0 Å². The van der Waals surface area contributed by atoms with Gasteiger partial charge in [-0.3, -0.25) is 14.8 Å². The zero-order valence-electron chi connectivity index (χ0n) is 12.6. The number of hydrogen-bond donors (Lipinski definition) is 4. The molecule has 0 heterocycles. The normalized spacial score (nSPS) is 13.4. The second-order valence-electron chi connectivity index (χ2n) is 5.10. The maximum absolute atomic E-state index is 11.7. The van der Waals surface area contributed by atoms with Gasteiger partial charge in [0.15, 0.2) is 0 Å². The van der Waals surface area contributed by atoms with E-state index in [4.69, 9.17) is 5.21 Å². The van der Waals surface area contributed by atoms with Gasteiger partial charge in [0.25, 0.3) is 0 Å². The fraction of sp³-hybridized carbons (Fsp3) is 0.769. The standard InChI is InChI=1S/C13H24N2O6/c1-8(2)12(13(19)21-3)14-11(18)7-9(16)5-4-6-10(17)15-20/h8-9,12,16,20H,4-7H2,1-3H3,(H,14,18)(H,15,17)/t9?,12-/m1/s1. The number of ether oxygens (including phenoxy) is 1. The van der Waals surface area contributed by atoms with Crippen LogP contribution in [0.15, 0.2) is 0 Å². The third kappa shape index (κ3) is 8.26. The molecule has 0 aromatic heterocycles. The summed E-state index contributed by atoms with van der Waals surface area (Å²) in [7, 11) is 1.24. The lowest BCUT2D eigenvalue weighted by molar-refractivity contribution is -0.146. The Morgan fingerprint density at radius 2 is 1.81 bits per heavy atom. The van der Waals surface area contributed by atoms with Gasteiger partial charge in [-0.25, -0.2) is 10.3 Å². The number of aliphatic hydroxyl groups excluding tert-OH is 1. The molecule has 8 nitrogen and oxygen atoms in total. The van der Waals surface area contributed by atoms with Crippen LogP contribution >= 0.6 is 0 Å². The van der Waals surface area contributed by atoms with Crippen molar-refractivity contribution in [2.45, 2.75) is 51.7 Å². The SMILES string of the molecule is COC(=O)[C@H](NC(=O)CC(O)CCCC(=O)NO)C(C)C. The first-order valence-corrected chi connectivity index (χ1v) is 6.80. The fourth-order valence-electron chi connectivity index (χ4n) is 1.73. The Hall–Kier alpha value is -1.67. The number of nitrogens with one attached hydrogen (secondary N) is 2. The summed E-state index contributed by atoms with van der Waals surface area (Å²) < 4.78 is 4.60. The van der Waals surface area contributed by atoms with E-state index in [1.165, 1.54) is 12.6 Å². The molecule has 8 heteroatoms. The highest BCUT2D eigenvalue weighted by Gasteiger charge is 2.25. The predicted octanol–water partition coefficient (Wildman–Crippen LogP) is -0.273.